The summed E-state index contributed by atoms with van der Waals surface area (Å²) >= 11 is 3.43. The molecule has 2 aromatic rings. The van der Waals surface area contributed by atoms with Crippen LogP contribution in [0.5, 0.6) is 0 Å². The summed E-state index contributed by atoms with van der Waals surface area (Å²) in [6.07, 6.45) is 0. The molecule has 1 heterocycles. The van der Waals surface area contributed by atoms with Gasteiger partial charge in [0.1, 0.15) is 5.54 Å². The Labute approximate surface area is 149 Å². The smallest absolute Gasteiger partial charge is 0.330 e. The first-order valence-electron chi connectivity index (χ1n) is 7.39. The van der Waals surface area contributed by atoms with Crippen LogP contribution in [-0.4, -0.2) is 29.5 Å². The third kappa shape index (κ3) is 4.00. The Morgan fingerprint density at radius 1 is 1.21 bits per heavy atom. The molecule has 126 valence electrons. The van der Waals surface area contributed by atoms with E-state index in [2.05, 4.69) is 26.2 Å². The lowest BCUT2D eigenvalue weighted by Crippen LogP contribution is -2.50. The summed E-state index contributed by atoms with van der Waals surface area (Å²) in [5, 5.41) is 2.67. The molecule has 0 radical (unpaired) electrons. The number of ether oxygens (including phenoxy) is 1. The van der Waals surface area contributed by atoms with Crippen molar-refractivity contribution in [3.05, 3.63) is 52.1 Å². The van der Waals surface area contributed by atoms with E-state index in [9.17, 15) is 9.59 Å². The number of methoxy groups -OCH3 is 1. The molecule has 0 spiro atoms. The molecule has 24 heavy (non-hydrogen) atoms. The van der Waals surface area contributed by atoms with Gasteiger partial charge in [0.2, 0.25) is 0 Å². The van der Waals surface area contributed by atoms with Gasteiger partial charge < -0.3 is 10.1 Å². The number of amides is 1. The van der Waals surface area contributed by atoms with Crippen molar-refractivity contribution in [3.8, 4) is 11.3 Å². The maximum absolute atomic E-state index is 12.4. The number of nitrogens with one attached hydrogen (secondary N) is 1. The van der Waals surface area contributed by atoms with Crippen molar-refractivity contribution in [2.45, 2.75) is 26.3 Å². The third-order valence-electron chi connectivity index (χ3n) is 3.57. The fraction of sp³-hybridized carbons (Fsp3) is 0.278. The third-order valence-corrected chi connectivity index (χ3v) is 4.07. The summed E-state index contributed by atoms with van der Waals surface area (Å²) in [6, 6.07) is 11.3. The highest BCUT2D eigenvalue weighted by Gasteiger charge is 2.31. The second-order valence-electron chi connectivity index (χ2n) is 5.91. The molecule has 0 bridgehead atoms. The minimum atomic E-state index is -1.11. The van der Waals surface area contributed by atoms with E-state index >= 15 is 0 Å². The van der Waals surface area contributed by atoms with Gasteiger partial charge in [0.05, 0.1) is 24.1 Å². The SMILES string of the molecule is COC(=O)C(C)(C)NC(=O)c1ccc(-c2cccc(Br)c2)nc1C. The molecule has 1 amide bonds. The van der Waals surface area contributed by atoms with Crippen LogP contribution in [0.15, 0.2) is 40.9 Å². The molecular weight excluding hydrogens is 372 g/mol. The van der Waals surface area contributed by atoms with Gasteiger partial charge in [-0.25, -0.2) is 4.79 Å². The van der Waals surface area contributed by atoms with E-state index in [4.69, 9.17) is 4.74 Å². The Kier molecular flexibility index (Phi) is 5.39. The molecule has 0 saturated carbocycles. The van der Waals surface area contributed by atoms with Gasteiger partial charge >= 0.3 is 5.97 Å². The van der Waals surface area contributed by atoms with E-state index in [0.717, 1.165) is 15.7 Å². The predicted molar refractivity (Wildman–Crippen MR) is 95.7 cm³/mol. The lowest BCUT2D eigenvalue weighted by Gasteiger charge is -2.23. The van der Waals surface area contributed by atoms with Crippen LogP contribution >= 0.6 is 15.9 Å². The van der Waals surface area contributed by atoms with Crippen molar-refractivity contribution in [2.24, 2.45) is 0 Å². The van der Waals surface area contributed by atoms with Gasteiger partial charge in [-0.05, 0) is 45.0 Å². The molecule has 0 saturated heterocycles. The number of esters is 1. The lowest BCUT2D eigenvalue weighted by molar-refractivity contribution is -0.146. The molecule has 0 aliphatic heterocycles. The highest BCUT2D eigenvalue weighted by Crippen LogP contribution is 2.22. The second-order valence-corrected chi connectivity index (χ2v) is 6.83. The van der Waals surface area contributed by atoms with Gasteiger partial charge in [0.25, 0.3) is 5.91 Å². The quantitative estimate of drug-likeness (QED) is 0.811. The van der Waals surface area contributed by atoms with Crippen LogP contribution in [-0.2, 0) is 9.53 Å². The molecule has 2 rings (SSSR count). The summed E-state index contributed by atoms with van der Waals surface area (Å²) in [7, 11) is 1.29. The van der Waals surface area contributed by atoms with Gasteiger partial charge in [0.15, 0.2) is 0 Å². The monoisotopic (exact) mass is 390 g/mol. The van der Waals surface area contributed by atoms with Crippen LogP contribution in [0.2, 0.25) is 0 Å². The van der Waals surface area contributed by atoms with E-state index in [0.29, 0.717) is 11.3 Å². The first-order chi connectivity index (χ1) is 11.2. The first kappa shape index (κ1) is 18.1. The Bertz CT molecular complexity index is 788. The summed E-state index contributed by atoms with van der Waals surface area (Å²) in [5.74, 6) is -0.872. The standard InChI is InChI=1S/C18H19BrN2O3/c1-11-14(16(22)21-18(2,3)17(23)24-4)8-9-15(20-11)12-6-5-7-13(19)10-12/h5-10H,1-4H3,(H,21,22). The zero-order valence-electron chi connectivity index (χ0n) is 14.0. The molecule has 1 N–H and O–H groups in total. The zero-order chi connectivity index (χ0) is 17.9. The van der Waals surface area contributed by atoms with Crippen molar-refractivity contribution < 1.29 is 14.3 Å². The molecule has 0 atom stereocenters. The molecular formula is C18H19BrN2O3. The molecule has 1 aromatic heterocycles. The van der Waals surface area contributed by atoms with E-state index in [1.807, 2.05) is 24.3 Å². The number of hydrogen-bond acceptors (Lipinski definition) is 4. The summed E-state index contributed by atoms with van der Waals surface area (Å²) in [6.45, 7) is 4.95. The number of aromatic nitrogens is 1. The average molecular weight is 391 g/mol. The number of carbonyl (C=O) groups is 2. The number of hydrogen-bond donors (Lipinski definition) is 1. The molecule has 0 aliphatic carbocycles. The Hall–Kier alpha value is -2.21. The van der Waals surface area contributed by atoms with E-state index < -0.39 is 11.5 Å². The maximum atomic E-state index is 12.4. The Balaban J connectivity index is 2.27. The maximum Gasteiger partial charge on any atom is 0.330 e. The molecule has 0 unspecified atom stereocenters. The van der Waals surface area contributed by atoms with E-state index in [-0.39, 0.29) is 5.91 Å². The van der Waals surface area contributed by atoms with Crippen LogP contribution in [0, 0.1) is 6.92 Å². The fourth-order valence-corrected chi connectivity index (χ4v) is 2.67. The number of rotatable bonds is 4. The van der Waals surface area contributed by atoms with Crippen molar-refractivity contribution >= 4 is 27.8 Å². The van der Waals surface area contributed by atoms with Gasteiger partial charge in [-0.2, -0.15) is 0 Å². The molecule has 1 aromatic carbocycles. The van der Waals surface area contributed by atoms with Crippen molar-refractivity contribution in [1.82, 2.24) is 10.3 Å². The average Bonchev–Trinajstić information content (AvgIpc) is 2.53. The lowest BCUT2D eigenvalue weighted by atomic mass is 10.0. The molecule has 0 aliphatic rings. The Morgan fingerprint density at radius 2 is 1.92 bits per heavy atom. The summed E-state index contributed by atoms with van der Waals surface area (Å²) < 4.78 is 5.66. The fourth-order valence-electron chi connectivity index (χ4n) is 2.27. The van der Waals surface area contributed by atoms with Crippen molar-refractivity contribution in [2.75, 3.05) is 7.11 Å². The first-order valence-corrected chi connectivity index (χ1v) is 8.18. The van der Waals surface area contributed by atoms with Gasteiger partial charge in [-0.3, -0.25) is 9.78 Å². The highest BCUT2D eigenvalue weighted by atomic mass is 79.9. The largest absolute Gasteiger partial charge is 0.467 e. The van der Waals surface area contributed by atoms with Crippen molar-refractivity contribution in [3.63, 3.8) is 0 Å². The van der Waals surface area contributed by atoms with Gasteiger partial charge in [0, 0.05) is 10.0 Å². The van der Waals surface area contributed by atoms with Gasteiger partial charge in [-0.15, -0.1) is 0 Å². The number of benzene rings is 1. The van der Waals surface area contributed by atoms with Crippen LogP contribution < -0.4 is 5.32 Å². The van der Waals surface area contributed by atoms with E-state index in [1.54, 1.807) is 32.9 Å². The minimum absolute atomic E-state index is 0.365. The van der Waals surface area contributed by atoms with Crippen LogP contribution in [0.4, 0.5) is 0 Å². The topological polar surface area (TPSA) is 68.3 Å². The predicted octanol–water partition coefficient (Wildman–Crippen LogP) is 3.50. The van der Waals surface area contributed by atoms with Crippen LogP contribution in [0.25, 0.3) is 11.3 Å². The molecule has 0 fully saturated rings. The zero-order valence-corrected chi connectivity index (χ0v) is 15.6. The van der Waals surface area contributed by atoms with Gasteiger partial charge in [-0.1, -0.05) is 28.1 Å². The van der Waals surface area contributed by atoms with Crippen molar-refractivity contribution in [1.29, 1.82) is 0 Å². The number of aryl methyl sites for hydroxylation is 1. The number of halogens is 1. The Morgan fingerprint density at radius 3 is 2.50 bits per heavy atom. The van der Waals surface area contributed by atoms with Crippen LogP contribution in [0.3, 0.4) is 0 Å². The van der Waals surface area contributed by atoms with Crippen LogP contribution in [0.1, 0.15) is 29.9 Å². The molecule has 6 heteroatoms. The van der Waals surface area contributed by atoms with E-state index in [1.165, 1.54) is 7.11 Å². The molecule has 5 nitrogen and oxygen atoms in total. The number of carbonyl (C=O) groups excluding carboxylic acids is 2. The highest BCUT2D eigenvalue weighted by molar-refractivity contribution is 9.10. The number of pyridine rings is 1. The minimum Gasteiger partial charge on any atom is -0.467 e. The summed E-state index contributed by atoms with van der Waals surface area (Å²) in [5.41, 5.74) is 1.63. The summed E-state index contributed by atoms with van der Waals surface area (Å²) in [4.78, 5) is 28.6. The number of nitrogens with zero attached hydrogens (tertiary/aromatic N) is 1. The second kappa shape index (κ2) is 7.13. The normalized spacial score (nSPS) is 11.0.